The Labute approximate surface area is 357 Å². The third kappa shape index (κ3) is 10.5. The number of aliphatic imine (C=N–C) groups is 1. The van der Waals surface area contributed by atoms with Crippen LogP contribution in [0.4, 0.5) is 0 Å². The molecule has 0 aliphatic carbocycles. The predicted molar refractivity (Wildman–Crippen MR) is 225 cm³/mol. The van der Waals surface area contributed by atoms with Crippen LogP contribution in [0.15, 0.2) is 35.3 Å². The number of benzene rings is 1. The van der Waals surface area contributed by atoms with Crippen LogP contribution in [-0.2, 0) is 44.5 Å². The van der Waals surface area contributed by atoms with Gasteiger partial charge in [0.15, 0.2) is 18.7 Å². The van der Waals surface area contributed by atoms with Gasteiger partial charge in [-0.1, -0.05) is 51.1 Å². The molecule has 4 aliphatic rings. The topological polar surface area (TPSA) is 181 Å². The zero-order valence-corrected chi connectivity index (χ0v) is 38.2. The number of aliphatic hydroxyl groups excluding tert-OH is 2. The molecule has 4 fully saturated rings. The maximum absolute atomic E-state index is 14.4. The number of amidine groups is 1. The molecule has 0 amide bonds. The fraction of sp³-hybridized carbons (Fsp3) is 0.822. The van der Waals surface area contributed by atoms with Gasteiger partial charge >= 0.3 is 5.97 Å². The highest BCUT2D eigenvalue weighted by Crippen LogP contribution is 2.41. The molecule has 0 saturated carbocycles. The molecule has 0 radical (unpaired) electrons. The Kier molecular flexibility index (Phi) is 15.8. The second-order valence-corrected chi connectivity index (χ2v) is 19.0. The molecule has 342 valence electrons. The van der Waals surface area contributed by atoms with E-state index in [1.807, 2.05) is 81.9 Å². The second-order valence-electron chi connectivity index (χ2n) is 19.0. The predicted octanol–water partition coefficient (Wildman–Crippen LogP) is 3.87. The van der Waals surface area contributed by atoms with Crippen molar-refractivity contribution in [3.05, 3.63) is 35.9 Å². The number of cyclic esters (lactones) is 1. The van der Waals surface area contributed by atoms with E-state index in [1.165, 1.54) is 14.0 Å². The summed E-state index contributed by atoms with van der Waals surface area (Å²) in [6.45, 7) is 18.8. The van der Waals surface area contributed by atoms with E-state index in [4.69, 9.17) is 38.2 Å². The van der Waals surface area contributed by atoms with Crippen LogP contribution < -0.4 is 0 Å². The summed E-state index contributed by atoms with van der Waals surface area (Å²) < 4.78 is 45.1. The zero-order chi connectivity index (χ0) is 44.5. The molecule has 4 N–H and O–H groups in total. The minimum atomic E-state index is -1.80. The first-order valence-corrected chi connectivity index (χ1v) is 21.9. The number of likely N-dealkylation sites (N-methyl/N-ethyl adjacent to an activating group) is 2. The monoisotopic (exact) mass is 850 g/mol. The maximum Gasteiger partial charge on any atom is 0.311 e. The van der Waals surface area contributed by atoms with Gasteiger partial charge in [0.05, 0.1) is 54.1 Å². The van der Waals surface area contributed by atoms with Crippen LogP contribution in [0.25, 0.3) is 0 Å². The number of carbonyl (C=O) groups is 1. The van der Waals surface area contributed by atoms with E-state index in [9.17, 15) is 25.2 Å². The van der Waals surface area contributed by atoms with Gasteiger partial charge in [0.2, 0.25) is 0 Å². The molecule has 18 atom stereocenters. The number of hydrogen-bond donors (Lipinski definition) is 4. The van der Waals surface area contributed by atoms with E-state index in [1.54, 1.807) is 34.6 Å². The molecule has 1 aromatic rings. The molecular weight excluding hydrogens is 775 g/mol. The van der Waals surface area contributed by atoms with Crippen molar-refractivity contribution < 1.29 is 58.4 Å². The minimum Gasteiger partial charge on any atom is -0.459 e. The number of hydrogen-bond acceptors (Lipinski definition) is 14. The summed E-state index contributed by atoms with van der Waals surface area (Å²) >= 11 is 0. The lowest BCUT2D eigenvalue weighted by Gasteiger charge is -2.48. The van der Waals surface area contributed by atoms with Crippen molar-refractivity contribution in [2.45, 2.75) is 192 Å². The van der Waals surface area contributed by atoms with Crippen molar-refractivity contribution in [1.82, 2.24) is 9.80 Å². The van der Waals surface area contributed by atoms with Crippen LogP contribution in [0, 0.1) is 17.8 Å². The summed E-state index contributed by atoms with van der Waals surface area (Å²) in [5.74, 6) is -2.54. The number of fused-ring (bicyclic) bond motifs is 1. The SMILES string of the molecule is CCC1OC(=O)[C@H](C)[C@@H](O[C@H]2C[C@@](C)(OC)[C@@H](O)[C@H](C)O2)[C@H](C)[C@@H](O[C@@H]2O[C@H](C)C[C@H]3[C@H]2OC(=NCc2ccccc2)N3C)[C@](C)(O)C[C@@H](C)CN(C)[C@H](C)[C@@H](O)[C@]1(C)O. The van der Waals surface area contributed by atoms with Gasteiger partial charge in [0.25, 0.3) is 6.02 Å². The van der Waals surface area contributed by atoms with E-state index in [0.29, 0.717) is 25.5 Å². The van der Waals surface area contributed by atoms with Crippen molar-refractivity contribution in [2.75, 3.05) is 27.7 Å². The molecule has 0 spiro atoms. The van der Waals surface area contributed by atoms with E-state index < -0.39 is 96.0 Å². The van der Waals surface area contributed by atoms with Crippen LogP contribution in [0.5, 0.6) is 0 Å². The lowest BCUT2D eigenvalue weighted by molar-refractivity contribution is -0.313. The van der Waals surface area contributed by atoms with Crippen LogP contribution in [0.1, 0.15) is 100 Å². The van der Waals surface area contributed by atoms with Gasteiger partial charge in [-0.2, -0.15) is 0 Å². The number of rotatable bonds is 8. The largest absolute Gasteiger partial charge is 0.459 e. The first-order chi connectivity index (χ1) is 28.0. The van der Waals surface area contributed by atoms with Crippen LogP contribution >= 0.6 is 0 Å². The van der Waals surface area contributed by atoms with E-state index in [0.717, 1.165) is 5.56 Å². The Balaban J connectivity index is 1.56. The number of esters is 1. The van der Waals surface area contributed by atoms with Gasteiger partial charge < -0.3 is 63.4 Å². The van der Waals surface area contributed by atoms with Crippen molar-refractivity contribution in [3.63, 3.8) is 0 Å². The zero-order valence-electron chi connectivity index (χ0n) is 38.2. The van der Waals surface area contributed by atoms with Crippen LogP contribution in [0.3, 0.4) is 0 Å². The highest BCUT2D eigenvalue weighted by atomic mass is 16.7. The number of carbonyl (C=O) groups excluding carboxylic acids is 1. The van der Waals surface area contributed by atoms with Gasteiger partial charge in [-0.15, -0.1) is 0 Å². The van der Waals surface area contributed by atoms with Crippen LogP contribution in [-0.4, -0.2) is 160 Å². The Morgan fingerprint density at radius 2 is 1.58 bits per heavy atom. The summed E-state index contributed by atoms with van der Waals surface area (Å²) in [4.78, 5) is 23.2. The lowest BCUT2D eigenvalue weighted by Crippen LogP contribution is -2.60. The molecule has 15 heteroatoms. The summed E-state index contributed by atoms with van der Waals surface area (Å²) in [5, 5.41) is 47.3. The van der Waals surface area contributed by atoms with Crippen molar-refractivity contribution in [1.29, 1.82) is 0 Å². The Hall–Kier alpha value is -2.44. The number of nitrogens with zero attached hydrogens (tertiary/aromatic N) is 3. The Morgan fingerprint density at radius 3 is 2.22 bits per heavy atom. The summed E-state index contributed by atoms with van der Waals surface area (Å²) in [5.41, 5.74) is -3.33. The molecule has 0 aromatic heterocycles. The molecule has 4 saturated heterocycles. The molecule has 0 bridgehead atoms. The van der Waals surface area contributed by atoms with E-state index in [2.05, 4.69) is 0 Å². The summed E-state index contributed by atoms with van der Waals surface area (Å²) in [7, 11) is 5.34. The van der Waals surface area contributed by atoms with Crippen LogP contribution in [0.2, 0.25) is 0 Å². The van der Waals surface area contributed by atoms with E-state index in [-0.39, 0.29) is 37.3 Å². The summed E-state index contributed by atoms with van der Waals surface area (Å²) in [6.07, 6.45) is -7.41. The summed E-state index contributed by atoms with van der Waals surface area (Å²) in [6, 6.07) is 9.74. The van der Waals surface area contributed by atoms with Gasteiger partial charge in [-0.05, 0) is 86.3 Å². The van der Waals surface area contributed by atoms with Crippen molar-refractivity contribution >= 4 is 12.0 Å². The van der Waals surface area contributed by atoms with Crippen molar-refractivity contribution in [2.24, 2.45) is 22.7 Å². The molecule has 1 unspecified atom stereocenters. The highest BCUT2D eigenvalue weighted by molar-refractivity contribution is 5.76. The molecule has 5 rings (SSSR count). The average molecular weight is 850 g/mol. The van der Waals surface area contributed by atoms with Gasteiger partial charge in [-0.3, -0.25) is 4.79 Å². The number of methoxy groups -OCH3 is 1. The van der Waals surface area contributed by atoms with Gasteiger partial charge in [-0.25, -0.2) is 4.99 Å². The standard InChI is InChI=1S/C45H75N3O12/c1-14-33-45(10,53)37(49)29(6)47(11)24-25(2)21-43(8,52)39(27(4)35(28(5)40(51)57-33)58-34-22-44(9,54-13)38(50)30(7)56-34)60-41-36-32(20-26(3)55-41)48(12)42(59-36)46-23-31-18-16-15-17-19-31/h15-19,25-30,32-39,41,49-50,52-53H,14,20-24H2,1-13H3/t25-,26-,27+,28-,29-,30+,32+,33?,34+,35+,36-,37-,38+,39-,41+,43-,44-,45-/m1/s1. The molecule has 1 aromatic carbocycles. The molecule has 4 aliphatic heterocycles. The second kappa shape index (κ2) is 19.5. The third-order valence-electron chi connectivity index (χ3n) is 13.8. The first-order valence-electron chi connectivity index (χ1n) is 21.9. The molecule has 60 heavy (non-hydrogen) atoms. The Morgan fingerprint density at radius 1 is 0.917 bits per heavy atom. The molecule has 4 heterocycles. The maximum atomic E-state index is 14.4. The quantitative estimate of drug-likeness (QED) is 0.277. The first kappa shape index (κ1) is 48.6. The number of ether oxygens (including phenoxy) is 7. The molecular formula is C45H75N3O12. The van der Waals surface area contributed by atoms with E-state index >= 15 is 0 Å². The minimum absolute atomic E-state index is 0.133. The van der Waals surface area contributed by atoms with Gasteiger partial charge in [0.1, 0.15) is 23.9 Å². The van der Waals surface area contributed by atoms with Crippen molar-refractivity contribution in [3.8, 4) is 0 Å². The average Bonchev–Trinajstić information content (AvgIpc) is 3.51. The molecule has 15 nitrogen and oxygen atoms in total. The lowest BCUT2D eigenvalue weighted by atomic mass is 9.77. The fourth-order valence-electron chi connectivity index (χ4n) is 9.96. The number of aliphatic hydroxyl groups is 4. The fourth-order valence-corrected chi connectivity index (χ4v) is 9.96. The smallest absolute Gasteiger partial charge is 0.311 e. The van der Waals surface area contributed by atoms with Gasteiger partial charge in [0, 0.05) is 39.1 Å². The normalized spacial score (nSPS) is 46.0. The highest BCUT2D eigenvalue weighted by Gasteiger charge is 2.54. The Bertz CT molecular complexity index is 1580. The third-order valence-corrected chi connectivity index (χ3v) is 13.8.